The van der Waals surface area contributed by atoms with Crippen LogP contribution in [0.5, 0.6) is 17.6 Å². The quantitative estimate of drug-likeness (QED) is 0.0501. The Morgan fingerprint density at radius 3 is 1.03 bits per heavy atom. The molecule has 6 aliphatic heterocycles. The summed E-state index contributed by atoms with van der Waals surface area (Å²) in [6.45, 7) is 3.32. The lowest BCUT2D eigenvalue weighted by molar-refractivity contribution is 0.00765. The molecule has 12 atom stereocenters. The van der Waals surface area contributed by atoms with Crippen molar-refractivity contribution in [1.82, 2.24) is 29.9 Å². The zero-order valence-corrected chi connectivity index (χ0v) is 57.1. The average molecular weight is 1450 g/mol. The molecule has 103 heavy (non-hydrogen) atoms. The number of aromatic nitrogens is 6. The molecule has 18 rings (SSSR count). The minimum absolute atomic E-state index is 0.0480. The fourth-order valence-electron chi connectivity index (χ4n) is 14.1. The van der Waals surface area contributed by atoms with Gasteiger partial charge in [-0.3, -0.25) is 4.79 Å². The molecular weight excluding hydrogens is 1380 g/mol. The van der Waals surface area contributed by atoms with Crippen molar-refractivity contribution in [3.8, 4) is 84.8 Å². The molecule has 0 radical (unpaired) electrons. The number of halogens is 3. The van der Waals surface area contributed by atoms with Gasteiger partial charge >= 0.3 is 5.97 Å². The number of pyridine rings is 3. The molecule has 6 aliphatic rings. The van der Waals surface area contributed by atoms with Gasteiger partial charge in [0.1, 0.15) is 77.1 Å². The Morgan fingerprint density at radius 2 is 0.680 bits per heavy atom. The number of amides is 1. The van der Waals surface area contributed by atoms with E-state index >= 15 is 0 Å². The van der Waals surface area contributed by atoms with Crippen LogP contribution < -0.4 is 19.9 Å². The Bertz CT molecular complexity index is 4910. The molecular formula is C78H66Cl3N7O15. The number of hydrogen-bond donors (Lipinski definition) is 8. The number of primary amides is 1. The lowest BCUT2D eigenvalue weighted by Crippen LogP contribution is -2.35. The highest BCUT2D eigenvalue weighted by molar-refractivity contribution is 6.35. The van der Waals surface area contributed by atoms with Crippen molar-refractivity contribution in [2.75, 3.05) is 39.6 Å². The maximum absolute atomic E-state index is 12.4. The standard InChI is InChI=1S/C26H22ClN3O5.C26H21ClN2O6.C26H23ClN2O4/c27-16-10-17-22(30-21(16)15-8-6-14(7-9-15)13-4-2-1-3-5-13)20(25(28)32)26(29-17)35-19-12-34-23-18(31)11-33-24(19)23;27-16-10-17-22(29-21(16)15-8-6-14(7-9-15)13-4-2-1-3-5-13)20(26(31)32)25(28-17)35-19-12-34-23-18(30)11-33-24(19)23;1-14-22-19(28-26(14)33-21-13-32-24-20(30)12-31-25(21)24)11-18(27)23(29-22)17-9-7-16(8-10-17)15-5-3-2-4-6-15/h1-10,18-19,23-24,29,31H,11-12H2,(H2,28,32);1-10,18-19,23-24,28,30H,11-12H2,(H,31,32);2-11,20-21,24-25,28,30H,12-13H2,1H3/t2*18-,19-,23-,24-;20-,21-,24-,25-/m111/s1. The predicted molar refractivity (Wildman–Crippen MR) is 386 cm³/mol. The summed E-state index contributed by atoms with van der Waals surface area (Å²) in [4.78, 5) is 48.2. The predicted octanol–water partition coefficient (Wildman–Crippen LogP) is 12.5. The van der Waals surface area contributed by atoms with Crippen LogP contribution in [0.2, 0.25) is 15.1 Å². The van der Waals surface area contributed by atoms with E-state index in [1.165, 1.54) is 5.56 Å². The number of nitrogens with two attached hydrogens (primary N) is 1. The minimum Gasteiger partial charge on any atom is -0.477 e. The van der Waals surface area contributed by atoms with Crippen LogP contribution in [0.3, 0.4) is 0 Å². The normalized spacial score (nSPS) is 23.8. The summed E-state index contributed by atoms with van der Waals surface area (Å²) in [6, 6.07) is 59.4. The number of carbonyl (C=O) groups excluding carboxylic acids is 1. The van der Waals surface area contributed by atoms with E-state index in [4.69, 9.17) is 93.1 Å². The smallest absolute Gasteiger partial charge is 0.343 e. The zero-order chi connectivity index (χ0) is 70.7. The van der Waals surface area contributed by atoms with Gasteiger partial charge in [0.25, 0.3) is 5.91 Å². The number of nitrogens with zero attached hydrogens (tertiary/aromatic N) is 3. The van der Waals surface area contributed by atoms with E-state index < -0.39 is 66.8 Å². The Morgan fingerprint density at radius 1 is 0.398 bits per heavy atom. The molecule has 12 heterocycles. The summed E-state index contributed by atoms with van der Waals surface area (Å²) in [5, 5.41) is 41.2. The molecule has 22 nitrogen and oxygen atoms in total. The van der Waals surface area contributed by atoms with Gasteiger partial charge in [0.15, 0.2) is 24.2 Å². The third kappa shape index (κ3) is 13.2. The highest BCUT2D eigenvalue weighted by Gasteiger charge is 2.51. The van der Waals surface area contributed by atoms with Crippen molar-refractivity contribution in [2.45, 2.75) is 80.2 Å². The number of nitrogens with one attached hydrogen (secondary N) is 3. The van der Waals surface area contributed by atoms with E-state index in [2.05, 4.69) is 44.2 Å². The molecule has 1 amide bonds. The molecule has 12 aromatic rings. The van der Waals surface area contributed by atoms with Gasteiger partial charge in [0, 0.05) is 22.3 Å². The highest BCUT2D eigenvalue weighted by Crippen LogP contribution is 2.42. The fraction of sp³-hybridized carbons (Fsp3) is 0.244. The number of hydrogen-bond acceptors (Lipinski definition) is 17. The summed E-state index contributed by atoms with van der Waals surface area (Å²) < 4.78 is 52.0. The SMILES string of the molecule is Cc1c(O[C@@H]2CO[C@H]3[C@@H]2OC[C@H]3O)[nH]c2cc(Cl)c(-c3ccc(-c4ccccc4)cc3)nc12.NC(=O)c1c(O[C@@H]2CO[C@H]3[C@@H]2OC[C@H]3O)[nH]c2cc(Cl)c(-c3ccc(-c4ccccc4)cc3)nc12.O=C(O)c1c(O[C@@H]2CO[C@H]3[C@@H]2OC[C@H]3O)[nH]c2cc(Cl)c(-c3ccc(-c4ccccc4)cc3)nc12. The van der Waals surface area contributed by atoms with Gasteiger partial charge in [0.05, 0.1) is 93.9 Å². The Labute approximate surface area is 603 Å². The number of aliphatic hydroxyl groups is 3. The van der Waals surface area contributed by atoms with Crippen molar-refractivity contribution in [3.63, 3.8) is 0 Å². The van der Waals surface area contributed by atoms with Gasteiger partial charge in [-0.15, -0.1) is 0 Å². The van der Waals surface area contributed by atoms with E-state index in [1.54, 1.807) is 12.1 Å². The van der Waals surface area contributed by atoms with Crippen LogP contribution in [0.1, 0.15) is 26.3 Å². The topological polar surface area (TPSA) is 310 Å². The molecule has 9 N–H and O–H groups in total. The van der Waals surface area contributed by atoms with Gasteiger partial charge in [-0.05, 0) is 58.5 Å². The molecule has 6 aromatic carbocycles. The number of aromatic amines is 3. The molecule has 6 fully saturated rings. The molecule has 0 spiro atoms. The minimum atomic E-state index is -1.19. The highest BCUT2D eigenvalue weighted by atomic mass is 35.5. The number of benzene rings is 6. The maximum atomic E-state index is 12.4. The second kappa shape index (κ2) is 28.5. The van der Waals surface area contributed by atoms with Crippen LogP contribution >= 0.6 is 34.8 Å². The third-order valence-electron chi connectivity index (χ3n) is 19.3. The number of rotatable bonds is 14. The number of H-pyrrole nitrogens is 3. The zero-order valence-electron chi connectivity index (χ0n) is 54.8. The van der Waals surface area contributed by atoms with Crippen molar-refractivity contribution < 1.29 is 72.6 Å². The summed E-state index contributed by atoms with van der Waals surface area (Å²) in [7, 11) is 0. The number of carboxylic acids is 1. The van der Waals surface area contributed by atoms with Crippen LogP contribution in [-0.4, -0.2) is 175 Å². The maximum Gasteiger partial charge on any atom is 0.343 e. The summed E-state index contributed by atoms with van der Waals surface area (Å²) in [5.41, 5.74) is 20.7. The first-order valence-electron chi connectivity index (χ1n) is 33.4. The first-order valence-corrected chi connectivity index (χ1v) is 34.6. The van der Waals surface area contributed by atoms with E-state index in [0.29, 0.717) is 55.5 Å². The second-order valence-electron chi connectivity index (χ2n) is 25.8. The first kappa shape index (κ1) is 67.7. The molecule has 0 saturated carbocycles. The second-order valence-corrected chi connectivity index (χ2v) is 27.1. The van der Waals surface area contributed by atoms with E-state index in [9.17, 15) is 30.0 Å². The summed E-state index contributed by atoms with van der Waals surface area (Å²) >= 11 is 19.8. The molecule has 6 saturated heterocycles. The number of aromatic carboxylic acids is 1. The van der Waals surface area contributed by atoms with Crippen LogP contribution in [0.4, 0.5) is 0 Å². The first-order chi connectivity index (χ1) is 50.1. The molecule has 0 aliphatic carbocycles. The van der Waals surface area contributed by atoms with Crippen molar-refractivity contribution in [3.05, 3.63) is 214 Å². The molecule has 6 aromatic heterocycles. The van der Waals surface area contributed by atoms with Crippen molar-refractivity contribution in [1.29, 1.82) is 0 Å². The van der Waals surface area contributed by atoms with Gasteiger partial charge in [-0.2, -0.15) is 0 Å². The Balaban J connectivity index is 0.000000119. The molecule has 0 unspecified atom stereocenters. The fourth-order valence-corrected chi connectivity index (χ4v) is 14.9. The van der Waals surface area contributed by atoms with E-state index in [-0.39, 0.29) is 79.7 Å². The average Bonchev–Trinajstić information content (AvgIpc) is 1.65. The lowest BCUT2D eigenvalue weighted by Gasteiger charge is -2.17. The van der Waals surface area contributed by atoms with Gasteiger partial charge < -0.3 is 83.7 Å². The molecule has 524 valence electrons. The largest absolute Gasteiger partial charge is 0.477 e. The number of aryl methyl sites for hydroxylation is 1. The monoisotopic (exact) mass is 1450 g/mol. The van der Waals surface area contributed by atoms with E-state index in [1.807, 2.05) is 153 Å². The van der Waals surface area contributed by atoms with Crippen LogP contribution in [0.15, 0.2) is 182 Å². The van der Waals surface area contributed by atoms with Crippen molar-refractivity contribution >= 4 is 79.8 Å². The number of aliphatic hydroxyl groups excluding tert-OH is 3. The third-order valence-corrected chi connectivity index (χ3v) is 20.2. The van der Waals surface area contributed by atoms with Gasteiger partial charge in [-0.25, -0.2) is 19.7 Å². The van der Waals surface area contributed by atoms with Crippen LogP contribution in [0, 0.1) is 6.92 Å². The number of carboxylic acid groups (broad SMARTS) is 1. The summed E-state index contributed by atoms with van der Waals surface area (Å²) in [5.74, 6) is -1.04. The summed E-state index contributed by atoms with van der Waals surface area (Å²) in [6.07, 6.45) is -5.89. The van der Waals surface area contributed by atoms with Crippen molar-refractivity contribution in [2.24, 2.45) is 5.73 Å². The molecule has 0 bridgehead atoms. The Hall–Kier alpha value is -9.76. The molecule has 25 heteroatoms. The Kier molecular flexibility index (Phi) is 18.7. The van der Waals surface area contributed by atoms with Gasteiger partial charge in [0.2, 0.25) is 11.8 Å². The number of ether oxygens (including phenoxy) is 9. The van der Waals surface area contributed by atoms with Crippen LogP contribution in [0.25, 0.3) is 100 Å². The number of carbonyl (C=O) groups is 2. The van der Waals surface area contributed by atoms with Gasteiger partial charge in [-0.1, -0.05) is 199 Å². The lowest BCUT2D eigenvalue weighted by atomic mass is 10.0. The van der Waals surface area contributed by atoms with Crippen LogP contribution in [-0.2, 0) is 28.4 Å². The number of fused-ring (bicyclic) bond motifs is 6. The van der Waals surface area contributed by atoms with E-state index in [0.717, 1.165) is 66.8 Å².